The van der Waals surface area contributed by atoms with Gasteiger partial charge in [0.15, 0.2) is 0 Å². The van der Waals surface area contributed by atoms with Crippen molar-refractivity contribution in [2.45, 2.75) is 11.8 Å². The van der Waals surface area contributed by atoms with Crippen molar-refractivity contribution < 1.29 is 13.9 Å². The second-order valence-electron chi connectivity index (χ2n) is 2.67. The van der Waals surface area contributed by atoms with Crippen LogP contribution in [0.2, 0.25) is 0 Å². The van der Waals surface area contributed by atoms with Crippen LogP contribution in [0.5, 0.6) is 0 Å². The summed E-state index contributed by atoms with van der Waals surface area (Å²) in [5.74, 6) is -0.532. The molecule has 0 amide bonds. The molecule has 82 valence electrons. The molecule has 0 N–H and O–H groups in total. The molecule has 0 aliphatic carbocycles. The van der Waals surface area contributed by atoms with Crippen LogP contribution < -0.4 is 0 Å². The zero-order valence-corrected chi connectivity index (χ0v) is 10.5. The minimum Gasteiger partial charge on any atom is -0.465 e. The number of halogens is 2. The SMILES string of the molecule is CCOC(=O)CSc1ccc(Br)cc1F. The van der Waals surface area contributed by atoms with Gasteiger partial charge in [-0.15, -0.1) is 11.8 Å². The van der Waals surface area contributed by atoms with E-state index in [0.29, 0.717) is 16.0 Å². The van der Waals surface area contributed by atoms with Gasteiger partial charge in [-0.25, -0.2) is 4.39 Å². The lowest BCUT2D eigenvalue weighted by Crippen LogP contribution is -2.06. The standard InChI is InChI=1S/C10H10BrFO2S/c1-2-14-10(13)6-15-9-4-3-7(11)5-8(9)12/h3-5H,2,6H2,1H3. The van der Waals surface area contributed by atoms with Crippen molar-refractivity contribution in [1.29, 1.82) is 0 Å². The maximum Gasteiger partial charge on any atom is 0.316 e. The first-order valence-electron chi connectivity index (χ1n) is 4.37. The van der Waals surface area contributed by atoms with E-state index in [2.05, 4.69) is 15.9 Å². The summed E-state index contributed by atoms with van der Waals surface area (Å²) in [6, 6.07) is 4.73. The first kappa shape index (κ1) is 12.5. The third-order valence-electron chi connectivity index (χ3n) is 1.54. The van der Waals surface area contributed by atoms with E-state index in [0.717, 1.165) is 11.8 Å². The monoisotopic (exact) mass is 292 g/mol. The lowest BCUT2D eigenvalue weighted by atomic mass is 10.3. The van der Waals surface area contributed by atoms with Gasteiger partial charge in [0.2, 0.25) is 0 Å². The number of carbonyl (C=O) groups excluding carboxylic acids is 1. The molecular weight excluding hydrogens is 283 g/mol. The summed E-state index contributed by atoms with van der Waals surface area (Å²) in [4.78, 5) is 11.5. The van der Waals surface area contributed by atoms with Crippen LogP contribution in [-0.4, -0.2) is 18.3 Å². The zero-order valence-electron chi connectivity index (χ0n) is 8.13. The molecule has 0 atom stereocenters. The first-order valence-corrected chi connectivity index (χ1v) is 6.14. The van der Waals surface area contributed by atoms with Gasteiger partial charge in [0.1, 0.15) is 5.82 Å². The Kier molecular flexibility index (Phi) is 5.11. The van der Waals surface area contributed by atoms with Crippen LogP contribution in [0.25, 0.3) is 0 Å². The van der Waals surface area contributed by atoms with E-state index >= 15 is 0 Å². The summed E-state index contributed by atoms with van der Waals surface area (Å²) in [7, 11) is 0. The lowest BCUT2D eigenvalue weighted by molar-refractivity contribution is -0.139. The summed E-state index contributed by atoms with van der Waals surface area (Å²) in [5.41, 5.74) is 0. The molecule has 1 aromatic rings. The Hall–Kier alpha value is -0.550. The largest absolute Gasteiger partial charge is 0.465 e. The van der Waals surface area contributed by atoms with Crippen molar-refractivity contribution in [3.63, 3.8) is 0 Å². The second-order valence-corrected chi connectivity index (χ2v) is 4.60. The lowest BCUT2D eigenvalue weighted by Gasteiger charge is -2.03. The smallest absolute Gasteiger partial charge is 0.316 e. The molecule has 0 radical (unpaired) electrons. The van der Waals surface area contributed by atoms with Crippen molar-refractivity contribution in [3.8, 4) is 0 Å². The summed E-state index contributed by atoms with van der Waals surface area (Å²) in [5, 5.41) is 0. The van der Waals surface area contributed by atoms with Crippen molar-refractivity contribution in [1.82, 2.24) is 0 Å². The molecule has 0 aromatic heterocycles. The van der Waals surface area contributed by atoms with Crippen LogP contribution in [-0.2, 0) is 9.53 Å². The van der Waals surface area contributed by atoms with Gasteiger partial charge in [-0.05, 0) is 25.1 Å². The minimum absolute atomic E-state index is 0.131. The predicted molar refractivity (Wildman–Crippen MR) is 61.5 cm³/mol. The quantitative estimate of drug-likeness (QED) is 0.629. The Morgan fingerprint density at radius 2 is 2.33 bits per heavy atom. The Bertz CT molecular complexity index is 357. The average Bonchev–Trinajstić information content (AvgIpc) is 2.17. The van der Waals surface area contributed by atoms with E-state index in [1.54, 1.807) is 19.1 Å². The topological polar surface area (TPSA) is 26.3 Å². The van der Waals surface area contributed by atoms with E-state index in [1.807, 2.05) is 0 Å². The molecule has 0 spiro atoms. The van der Waals surface area contributed by atoms with Crippen molar-refractivity contribution >= 4 is 33.7 Å². The summed E-state index contributed by atoms with van der Waals surface area (Å²) in [6.45, 7) is 2.09. The maximum absolute atomic E-state index is 13.3. The van der Waals surface area contributed by atoms with Crippen molar-refractivity contribution in [3.05, 3.63) is 28.5 Å². The van der Waals surface area contributed by atoms with Gasteiger partial charge in [0, 0.05) is 9.37 Å². The van der Waals surface area contributed by atoms with Crippen molar-refractivity contribution in [2.24, 2.45) is 0 Å². The number of hydrogen-bond acceptors (Lipinski definition) is 3. The average molecular weight is 293 g/mol. The molecule has 0 aliphatic heterocycles. The highest BCUT2D eigenvalue weighted by Gasteiger charge is 2.07. The summed E-state index contributed by atoms with van der Waals surface area (Å²) in [6.07, 6.45) is 0. The minimum atomic E-state index is -0.335. The van der Waals surface area contributed by atoms with E-state index in [1.165, 1.54) is 6.07 Å². The van der Waals surface area contributed by atoms with Crippen LogP contribution in [0.4, 0.5) is 4.39 Å². The molecule has 0 saturated heterocycles. The summed E-state index contributed by atoms with van der Waals surface area (Å²) >= 11 is 4.29. The number of thioether (sulfide) groups is 1. The molecule has 15 heavy (non-hydrogen) atoms. The first-order chi connectivity index (χ1) is 7.13. The van der Waals surface area contributed by atoms with E-state index in [-0.39, 0.29) is 17.5 Å². The molecule has 5 heteroatoms. The predicted octanol–water partition coefficient (Wildman–Crippen LogP) is 3.24. The molecule has 1 aromatic carbocycles. The molecule has 0 bridgehead atoms. The van der Waals surface area contributed by atoms with E-state index in [9.17, 15) is 9.18 Å². The van der Waals surface area contributed by atoms with Crippen molar-refractivity contribution in [2.75, 3.05) is 12.4 Å². The maximum atomic E-state index is 13.3. The molecule has 1 rings (SSSR count). The van der Waals surface area contributed by atoms with Gasteiger partial charge in [0.25, 0.3) is 0 Å². The van der Waals surface area contributed by atoms with Crippen LogP contribution >= 0.6 is 27.7 Å². The Balaban J connectivity index is 2.54. The summed E-state index contributed by atoms with van der Waals surface area (Å²) < 4.78 is 18.7. The van der Waals surface area contributed by atoms with Gasteiger partial charge < -0.3 is 4.74 Å². The number of carbonyl (C=O) groups is 1. The van der Waals surface area contributed by atoms with Crippen LogP contribution in [0.3, 0.4) is 0 Å². The molecule has 0 saturated carbocycles. The van der Waals surface area contributed by atoms with Crippen LogP contribution in [0.1, 0.15) is 6.92 Å². The molecule has 2 nitrogen and oxygen atoms in total. The highest BCUT2D eigenvalue weighted by Crippen LogP contribution is 2.24. The van der Waals surface area contributed by atoms with Gasteiger partial charge in [-0.3, -0.25) is 4.79 Å². The highest BCUT2D eigenvalue weighted by molar-refractivity contribution is 9.10. The number of hydrogen-bond donors (Lipinski definition) is 0. The highest BCUT2D eigenvalue weighted by atomic mass is 79.9. The number of rotatable bonds is 4. The number of ether oxygens (including phenoxy) is 1. The molecule has 0 unspecified atom stereocenters. The fourth-order valence-electron chi connectivity index (χ4n) is 0.932. The van der Waals surface area contributed by atoms with Gasteiger partial charge in [-0.1, -0.05) is 15.9 Å². The molecular formula is C10H10BrFO2S. The van der Waals surface area contributed by atoms with E-state index in [4.69, 9.17) is 4.74 Å². The molecule has 0 heterocycles. The zero-order chi connectivity index (χ0) is 11.3. The third kappa shape index (κ3) is 4.22. The fourth-order valence-corrected chi connectivity index (χ4v) is 1.98. The van der Waals surface area contributed by atoms with Crippen LogP contribution in [0, 0.1) is 5.82 Å². The fraction of sp³-hybridized carbons (Fsp3) is 0.300. The Morgan fingerprint density at radius 1 is 1.60 bits per heavy atom. The third-order valence-corrected chi connectivity index (χ3v) is 3.06. The molecule has 0 aliphatic rings. The normalized spacial score (nSPS) is 10.1. The molecule has 0 fully saturated rings. The number of esters is 1. The van der Waals surface area contributed by atoms with Gasteiger partial charge in [0.05, 0.1) is 12.4 Å². The Labute approximate surface area is 100 Å². The second kappa shape index (κ2) is 6.12. The van der Waals surface area contributed by atoms with Gasteiger partial charge >= 0.3 is 5.97 Å². The Morgan fingerprint density at radius 3 is 2.93 bits per heavy atom. The van der Waals surface area contributed by atoms with E-state index < -0.39 is 0 Å². The van der Waals surface area contributed by atoms with Crippen LogP contribution in [0.15, 0.2) is 27.6 Å². The number of benzene rings is 1. The van der Waals surface area contributed by atoms with Gasteiger partial charge in [-0.2, -0.15) is 0 Å².